The lowest BCUT2D eigenvalue weighted by molar-refractivity contribution is 0.601. The number of rotatable bonds is 3. The van der Waals surface area contributed by atoms with Crippen LogP contribution in [0.4, 0.5) is 5.69 Å². The Kier molecular flexibility index (Phi) is 1.65. The number of hydrogen-bond donors (Lipinski definition) is 1. The Labute approximate surface area is 102 Å². The molecule has 82 valence electrons. The maximum absolute atomic E-state index is 12.3. The van der Waals surface area contributed by atoms with Crippen LogP contribution in [-0.2, 0) is 10.0 Å². The van der Waals surface area contributed by atoms with E-state index in [2.05, 4.69) is 4.72 Å². The molecule has 2 aromatic carbocycles. The number of nitrogens with one attached hydrogen (secondary N) is 1. The fraction of sp³-hybridized carbons (Fsp3) is 0. The Bertz CT molecular complexity index is 764. The molecule has 0 saturated heterocycles. The molecule has 0 bridgehead atoms. The van der Waals surface area contributed by atoms with Crippen molar-refractivity contribution in [1.82, 2.24) is 0 Å². The van der Waals surface area contributed by atoms with Crippen molar-refractivity contribution in [1.29, 1.82) is 0 Å². The van der Waals surface area contributed by atoms with Crippen molar-refractivity contribution < 1.29 is 15.3 Å². The molecule has 0 aromatic heterocycles. The van der Waals surface area contributed by atoms with Gasteiger partial charge in [-0.3, -0.25) is 4.72 Å². The van der Waals surface area contributed by atoms with Gasteiger partial charge in [-0.15, -0.1) is 0 Å². The highest BCUT2D eigenvalue weighted by atomic mass is 32.2. The monoisotopic (exact) mass is 238 g/mol. The van der Waals surface area contributed by atoms with Crippen molar-refractivity contribution in [2.45, 2.75) is 4.90 Å². The molecule has 0 atom stereocenters. The third-order valence-electron chi connectivity index (χ3n) is 1.77. The predicted molar refractivity (Wildman–Crippen MR) is 63.7 cm³/mol. The molecular weight excluding hydrogens is 222 g/mol. The van der Waals surface area contributed by atoms with E-state index >= 15 is 0 Å². The smallest absolute Gasteiger partial charge is 0.261 e. The van der Waals surface area contributed by atoms with Gasteiger partial charge in [0.05, 0.1) is 11.7 Å². The number of anilines is 1. The molecular formula is C12H11NO2S. The van der Waals surface area contributed by atoms with Gasteiger partial charge in [0.15, 0.2) is 0 Å². The van der Waals surface area contributed by atoms with Crippen LogP contribution in [0, 0.1) is 0 Å². The first kappa shape index (κ1) is 6.06. The van der Waals surface area contributed by atoms with Crippen LogP contribution in [-0.4, -0.2) is 8.42 Å². The molecule has 0 aliphatic carbocycles. The van der Waals surface area contributed by atoms with Gasteiger partial charge in [-0.05, 0) is 24.2 Å². The highest BCUT2D eigenvalue weighted by Crippen LogP contribution is 2.14. The van der Waals surface area contributed by atoms with Gasteiger partial charge in [0.25, 0.3) is 10.0 Å². The fourth-order valence-electron chi connectivity index (χ4n) is 1.09. The first-order valence-electron chi connectivity index (χ1n) is 6.90. The van der Waals surface area contributed by atoms with E-state index in [-0.39, 0.29) is 5.69 Å². The van der Waals surface area contributed by atoms with E-state index in [0.29, 0.717) is 0 Å². The zero-order valence-corrected chi connectivity index (χ0v) is 8.93. The fourth-order valence-corrected chi connectivity index (χ4v) is 2.00. The molecule has 0 unspecified atom stereocenters. The second kappa shape index (κ2) is 4.37. The molecule has 0 aliphatic heterocycles. The Balaban J connectivity index is 2.61. The molecule has 16 heavy (non-hydrogen) atoms. The Morgan fingerprint density at radius 1 is 1.00 bits per heavy atom. The minimum absolute atomic E-state index is 0.240. The lowest BCUT2D eigenvalue weighted by Crippen LogP contribution is -2.12. The van der Waals surface area contributed by atoms with Crippen LogP contribution in [0.3, 0.4) is 0 Å². The SMILES string of the molecule is [2H]c1c([2H])c([2H])c(S(=O)(=O)Nc2ccccc2)c([2H])c1[2H]. The van der Waals surface area contributed by atoms with Crippen LogP contribution < -0.4 is 4.72 Å². The summed E-state index contributed by atoms with van der Waals surface area (Å²) in [4.78, 5) is -0.766. The van der Waals surface area contributed by atoms with Crippen LogP contribution >= 0.6 is 0 Å². The highest BCUT2D eigenvalue weighted by Gasteiger charge is 2.12. The van der Waals surface area contributed by atoms with Crippen LogP contribution in [0.2, 0.25) is 0 Å². The van der Waals surface area contributed by atoms with E-state index < -0.39 is 45.1 Å². The van der Waals surface area contributed by atoms with E-state index in [9.17, 15) is 8.42 Å². The first-order valence-corrected chi connectivity index (χ1v) is 5.89. The summed E-state index contributed by atoms with van der Waals surface area (Å²) in [6.45, 7) is 0. The lowest BCUT2D eigenvalue weighted by Gasteiger charge is -2.07. The van der Waals surface area contributed by atoms with Crippen molar-refractivity contribution in [3.05, 3.63) is 60.5 Å². The number of para-hydroxylation sites is 1. The van der Waals surface area contributed by atoms with E-state index in [1.54, 1.807) is 18.2 Å². The highest BCUT2D eigenvalue weighted by molar-refractivity contribution is 7.92. The number of benzene rings is 2. The van der Waals surface area contributed by atoms with Crippen molar-refractivity contribution in [3.8, 4) is 0 Å². The zero-order chi connectivity index (χ0) is 15.8. The molecule has 0 aliphatic rings. The average Bonchev–Trinajstić information content (AvgIpc) is 2.43. The first-order chi connectivity index (χ1) is 9.75. The summed E-state index contributed by atoms with van der Waals surface area (Å²) in [5, 5.41) is 0. The van der Waals surface area contributed by atoms with Crippen molar-refractivity contribution in [2.24, 2.45) is 0 Å². The summed E-state index contributed by atoms with van der Waals surface area (Å²) in [6, 6.07) is 4.37. The Morgan fingerprint density at radius 3 is 2.25 bits per heavy atom. The normalized spacial score (nSPS) is 15.4. The molecule has 2 rings (SSSR count). The van der Waals surface area contributed by atoms with Crippen molar-refractivity contribution >= 4 is 15.7 Å². The topological polar surface area (TPSA) is 46.2 Å². The molecule has 1 N–H and O–H groups in total. The van der Waals surface area contributed by atoms with Crippen LogP contribution in [0.5, 0.6) is 0 Å². The molecule has 0 spiro atoms. The molecule has 4 heteroatoms. The summed E-state index contributed by atoms with van der Waals surface area (Å²) >= 11 is 0. The summed E-state index contributed by atoms with van der Waals surface area (Å²) in [7, 11) is -4.28. The largest absolute Gasteiger partial charge is 0.280 e. The minimum atomic E-state index is -4.28. The Morgan fingerprint density at radius 2 is 1.62 bits per heavy atom. The van der Waals surface area contributed by atoms with E-state index in [4.69, 9.17) is 6.85 Å². The van der Waals surface area contributed by atoms with Crippen molar-refractivity contribution in [2.75, 3.05) is 4.72 Å². The Hall–Kier alpha value is -1.81. The molecule has 0 radical (unpaired) electrons. The molecule has 0 saturated carbocycles. The van der Waals surface area contributed by atoms with Gasteiger partial charge in [-0.25, -0.2) is 8.42 Å². The van der Waals surface area contributed by atoms with Crippen molar-refractivity contribution in [3.63, 3.8) is 0 Å². The van der Waals surface area contributed by atoms with Gasteiger partial charge in [-0.2, -0.15) is 0 Å². The van der Waals surface area contributed by atoms with Gasteiger partial charge in [-0.1, -0.05) is 36.3 Å². The zero-order valence-electron chi connectivity index (χ0n) is 13.1. The molecule has 3 nitrogen and oxygen atoms in total. The summed E-state index contributed by atoms with van der Waals surface area (Å²) in [5.74, 6) is 0. The molecule has 0 amide bonds. The van der Waals surface area contributed by atoms with Crippen LogP contribution in [0.1, 0.15) is 6.85 Å². The number of hydrogen-bond acceptors (Lipinski definition) is 2. The molecule has 0 heterocycles. The predicted octanol–water partition coefficient (Wildman–Crippen LogP) is 2.49. The van der Waals surface area contributed by atoms with Gasteiger partial charge in [0.1, 0.15) is 0 Å². The van der Waals surface area contributed by atoms with Gasteiger partial charge in [0, 0.05) is 5.69 Å². The average molecular weight is 238 g/mol. The quantitative estimate of drug-likeness (QED) is 0.893. The minimum Gasteiger partial charge on any atom is -0.280 e. The summed E-state index contributed by atoms with van der Waals surface area (Å²) < 4.78 is 64.5. The van der Waals surface area contributed by atoms with Crippen LogP contribution in [0.15, 0.2) is 65.4 Å². The van der Waals surface area contributed by atoms with Crippen LogP contribution in [0.25, 0.3) is 0 Å². The molecule has 2 aromatic rings. The lowest BCUT2D eigenvalue weighted by atomic mass is 10.3. The van der Waals surface area contributed by atoms with E-state index in [1.807, 2.05) is 0 Å². The molecule has 0 fully saturated rings. The van der Waals surface area contributed by atoms with E-state index in [0.717, 1.165) is 0 Å². The van der Waals surface area contributed by atoms with Gasteiger partial charge in [0.2, 0.25) is 0 Å². The maximum atomic E-state index is 12.3. The van der Waals surface area contributed by atoms with Gasteiger partial charge < -0.3 is 0 Å². The second-order valence-corrected chi connectivity index (χ2v) is 4.54. The standard InChI is InChI=1S/C12H11NO2S/c14-16(15,12-9-5-2-6-10-12)13-11-7-3-1-4-8-11/h1-10,13H/i2D,5D,6D,9D,10D. The number of sulfonamides is 1. The van der Waals surface area contributed by atoms with E-state index in [1.165, 1.54) is 12.1 Å². The van der Waals surface area contributed by atoms with Gasteiger partial charge >= 0.3 is 0 Å². The second-order valence-electron chi connectivity index (χ2n) is 2.93. The summed E-state index contributed by atoms with van der Waals surface area (Å²) in [6.07, 6.45) is 0. The maximum Gasteiger partial charge on any atom is 0.261 e. The third-order valence-corrected chi connectivity index (χ3v) is 3.02. The third kappa shape index (κ3) is 2.41. The summed E-state index contributed by atoms with van der Waals surface area (Å²) in [5.41, 5.74) is 0.240.